The van der Waals surface area contributed by atoms with Crippen LogP contribution < -0.4 is 0 Å². The molecule has 0 radical (unpaired) electrons. The molecule has 1 heterocycles. The molecule has 0 N–H and O–H groups in total. The average Bonchev–Trinajstić information content (AvgIpc) is 3.15. The highest BCUT2D eigenvalue weighted by atomic mass is 16.2. The lowest BCUT2D eigenvalue weighted by Crippen LogP contribution is -2.40. The number of hydrogen-bond acceptors (Lipinski definition) is 4. The monoisotopic (exact) mass is 343 g/mol. The van der Waals surface area contributed by atoms with E-state index in [0.717, 1.165) is 31.6 Å². The molecule has 0 aliphatic carbocycles. The van der Waals surface area contributed by atoms with Gasteiger partial charge in [-0.05, 0) is 44.5 Å². The first-order valence-electron chi connectivity index (χ1n) is 8.99. The maximum atomic E-state index is 12.5. The van der Waals surface area contributed by atoms with E-state index in [2.05, 4.69) is 47.9 Å². The van der Waals surface area contributed by atoms with Gasteiger partial charge in [-0.2, -0.15) is 5.10 Å². The van der Waals surface area contributed by atoms with Gasteiger partial charge in [0.2, 0.25) is 5.91 Å². The van der Waals surface area contributed by atoms with E-state index in [-0.39, 0.29) is 11.9 Å². The fraction of sp³-hybridized carbons (Fsp3) is 0.526. The first-order valence-corrected chi connectivity index (χ1v) is 8.99. The third kappa shape index (κ3) is 5.13. The zero-order valence-electron chi connectivity index (χ0n) is 15.7. The van der Waals surface area contributed by atoms with Gasteiger partial charge < -0.3 is 4.90 Å². The van der Waals surface area contributed by atoms with E-state index < -0.39 is 0 Å². The third-order valence-electron chi connectivity index (χ3n) is 4.44. The highest BCUT2D eigenvalue weighted by Crippen LogP contribution is 2.20. The summed E-state index contributed by atoms with van der Waals surface area (Å²) in [6.45, 7) is 8.45. The molecule has 1 unspecified atom stereocenters. The molecule has 0 saturated carbocycles. The normalized spacial score (nSPS) is 12.4. The van der Waals surface area contributed by atoms with E-state index in [4.69, 9.17) is 0 Å². The molecule has 6 heteroatoms. The molecular weight excluding hydrogens is 314 g/mol. The van der Waals surface area contributed by atoms with Gasteiger partial charge in [0.25, 0.3) is 0 Å². The Hall–Kier alpha value is -2.21. The summed E-state index contributed by atoms with van der Waals surface area (Å²) in [6, 6.07) is 8.38. The number of likely N-dealkylation sites (N-methyl/N-ethyl adjacent to an activating group) is 1. The Kier molecular flexibility index (Phi) is 7.13. The predicted octanol–water partition coefficient (Wildman–Crippen LogP) is 2.91. The molecule has 0 aliphatic heterocycles. The van der Waals surface area contributed by atoms with Gasteiger partial charge in [-0.25, -0.2) is 9.67 Å². The number of amides is 1. The zero-order valence-corrected chi connectivity index (χ0v) is 15.7. The fourth-order valence-corrected chi connectivity index (χ4v) is 2.85. The van der Waals surface area contributed by atoms with Gasteiger partial charge in [0.1, 0.15) is 12.7 Å². The molecule has 1 amide bonds. The predicted molar refractivity (Wildman–Crippen MR) is 99.6 cm³/mol. The van der Waals surface area contributed by atoms with E-state index in [1.54, 1.807) is 11.0 Å². The smallest absolute Gasteiger partial charge is 0.236 e. The topological polar surface area (TPSA) is 54.3 Å². The minimum atomic E-state index is 0.166. The van der Waals surface area contributed by atoms with Crippen molar-refractivity contribution in [2.45, 2.75) is 39.7 Å². The Bertz CT molecular complexity index is 632. The molecule has 1 atom stereocenters. The standard InChI is InChI=1S/C19H29N5O/c1-5-11-23(12-6-2)19(25)13-22(4)16(3)17-7-9-18(10-8-17)24-15-20-14-21-24/h7-10,14-16H,5-6,11-13H2,1-4H3. The van der Waals surface area contributed by atoms with Gasteiger partial charge in [0, 0.05) is 19.1 Å². The lowest BCUT2D eigenvalue weighted by Gasteiger charge is -2.28. The second kappa shape index (κ2) is 9.32. The minimum absolute atomic E-state index is 0.166. The van der Waals surface area contributed by atoms with Crippen molar-refractivity contribution < 1.29 is 4.79 Å². The van der Waals surface area contributed by atoms with Crippen molar-refractivity contribution in [2.24, 2.45) is 0 Å². The molecule has 2 rings (SSSR count). The van der Waals surface area contributed by atoms with Crippen LogP contribution >= 0.6 is 0 Å². The summed E-state index contributed by atoms with van der Waals surface area (Å²) in [7, 11) is 2.00. The van der Waals surface area contributed by atoms with E-state index >= 15 is 0 Å². The Morgan fingerprint density at radius 1 is 1.16 bits per heavy atom. The minimum Gasteiger partial charge on any atom is -0.342 e. The van der Waals surface area contributed by atoms with Crippen LogP contribution in [0.4, 0.5) is 0 Å². The summed E-state index contributed by atoms with van der Waals surface area (Å²) < 4.78 is 1.73. The number of benzene rings is 1. The Morgan fingerprint density at radius 2 is 1.80 bits per heavy atom. The van der Waals surface area contributed by atoms with Gasteiger partial charge >= 0.3 is 0 Å². The summed E-state index contributed by atoms with van der Waals surface area (Å²) in [5.74, 6) is 0.206. The molecule has 2 aromatic rings. The molecule has 0 spiro atoms. The molecule has 0 bridgehead atoms. The number of rotatable bonds is 9. The SMILES string of the molecule is CCCN(CCC)C(=O)CN(C)C(C)c1ccc(-n2cncn2)cc1. The number of carbonyl (C=O) groups is 1. The zero-order chi connectivity index (χ0) is 18.2. The van der Waals surface area contributed by atoms with Crippen LogP contribution in [0.3, 0.4) is 0 Å². The molecule has 136 valence electrons. The van der Waals surface area contributed by atoms with Crippen molar-refractivity contribution in [3.63, 3.8) is 0 Å². The van der Waals surface area contributed by atoms with Gasteiger partial charge in [0.15, 0.2) is 0 Å². The van der Waals surface area contributed by atoms with Crippen molar-refractivity contribution in [3.05, 3.63) is 42.5 Å². The maximum Gasteiger partial charge on any atom is 0.236 e. The lowest BCUT2D eigenvalue weighted by atomic mass is 10.1. The van der Waals surface area contributed by atoms with E-state index in [0.29, 0.717) is 6.54 Å². The van der Waals surface area contributed by atoms with Crippen LogP contribution in [-0.2, 0) is 4.79 Å². The van der Waals surface area contributed by atoms with Crippen molar-refractivity contribution in [3.8, 4) is 5.69 Å². The Labute approximate surface area is 150 Å². The molecule has 25 heavy (non-hydrogen) atoms. The fourth-order valence-electron chi connectivity index (χ4n) is 2.85. The summed E-state index contributed by atoms with van der Waals surface area (Å²) in [6.07, 6.45) is 5.19. The first-order chi connectivity index (χ1) is 12.1. The molecule has 0 aliphatic rings. The van der Waals surface area contributed by atoms with Crippen LogP contribution in [-0.4, -0.2) is 57.2 Å². The number of hydrogen-bond donors (Lipinski definition) is 0. The van der Waals surface area contributed by atoms with Crippen molar-refractivity contribution in [1.29, 1.82) is 0 Å². The molecule has 1 aromatic heterocycles. The highest BCUT2D eigenvalue weighted by Gasteiger charge is 2.18. The van der Waals surface area contributed by atoms with Crippen LogP contribution in [0, 0.1) is 0 Å². The second-order valence-corrected chi connectivity index (χ2v) is 6.40. The van der Waals surface area contributed by atoms with E-state index in [1.165, 1.54) is 11.9 Å². The van der Waals surface area contributed by atoms with Gasteiger partial charge in [-0.15, -0.1) is 0 Å². The van der Waals surface area contributed by atoms with Crippen LogP contribution in [0.5, 0.6) is 0 Å². The lowest BCUT2D eigenvalue weighted by molar-refractivity contribution is -0.132. The van der Waals surface area contributed by atoms with Crippen LogP contribution in [0.2, 0.25) is 0 Å². The molecule has 6 nitrogen and oxygen atoms in total. The maximum absolute atomic E-state index is 12.5. The number of aromatic nitrogens is 3. The summed E-state index contributed by atoms with van der Waals surface area (Å²) in [5, 5.41) is 4.13. The van der Waals surface area contributed by atoms with Crippen LogP contribution in [0.25, 0.3) is 5.69 Å². The highest BCUT2D eigenvalue weighted by molar-refractivity contribution is 5.78. The summed E-state index contributed by atoms with van der Waals surface area (Å²) in [4.78, 5) is 20.6. The van der Waals surface area contributed by atoms with E-state index in [9.17, 15) is 4.79 Å². The average molecular weight is 343 g/mol. The number of carbonyl (C=O) groups excluding carboxylic acids is 1. The van der Waals surface area contributed by atoms with Crippen molar-refractivity contribution in [1.82, 2.24) is 24.6 Å². The van der Waals surface area contributed by atoms with Crippen molar-refractivity contribution >= 4 is 5.91 Å². The van der Waals surface area contributed by atoms with E-state index in [1.807, 2.05) is 24.1 Å². The Morgan fingerprint density at radius 3 is 2.32 bits per heavy atom. The first kappa shape index (κ1) is 19.1. The number of nitrogens with zero attached hydrogens (tertiary/aromatic N) is 5. The molecular formula is C19H29N5O. The van der Waals surface area contributed by atoms with Crippen molar-refractivity contribution in [2.75, 3.05) is 26.7 Å². The third-order valence-corrected chi connectivity index (χ3v) is 4.44. The van der Waals surface area contributed by atoms with Gasteiger partial charge in [-0.1, -0.05) is 26.0 Å². The quantitative estimate of drug-likeness (QED) is 0.702. The second-order valence-electron chi connectivity index (χ2n) is 6.40. The summed E-state index contributed by atoms with van der Waals surface area (Å²) >= 11 is 0. The molecule has 1 aromatic carbocycles. The van der Waals surface area contributed by atoms with Gasteiger partial charge in [0.05, 0.1) is 12.2 Å². The Balaban J connectivity index is 1.99. The largest absolute Gasteiger partial charge is 0.342 e. The summed E-state index contributed by atoms with van der Waals surface area (Å²) in [5.41, 5.74) is 2.15. The van der Waals surface area contributed by atoms with Crippen LogP contribution in [0.15, 0.2) is 36.9 Å². The van der Waals surface area contributed by atoms with Crippen LogP contribution in [0.1, 0.15) is 45.2 Å². The van der Waals surface area contributed by atoms with Gasteiger partial charge in [-0.3, -0.25) is 9.69 Å². The molecule has 0 saturated heterocycles. The molecule has 0 fully saturated rings.